The van der Waals surface area contributed by atoms with Gasteiger partial charge in [-0.25, -0.2) is 72.1 Å². The van der Waals surface area contributed by atoms with Gasteiger partial charge >= 0.3 is 43.3 Å². The topological polar surface area (TPSA) is 377 Å². The summed E-state index contributed by atoms with van der Waals surface area (Å²) < 4.78 is 526. The average Bonchev–Trinajstić information content (AvgIpc) is 0.640. The number of ether oxygens (including phenoxy) is 1. The Bertz CT molecular complexity index is 4040. The van der Waals surface area contributed by atoms with E-state index in [2.05, 4.69) is 0 Å². The predicted octanol–water partition coefficient (Wildman–Crippen LogP) is 23.5. The Morgan fingerprint density at radius 3 is 0.403 bits per heavy atom. The first-order valence-electron chi connectivity index (χ1n) is 52.0. The molecule has 836 valence electrons. The van der Waals surface area contributed by atoms with E-state index in [1.807, 2.05) is 0 Å². The van der Waals surface area contributed by atoms with Crippen LogP contribution >= 0.6 is 0 Å². The molecule has 0 aliphatic heterocycles. The van der Waals surface area contributed by atoms with Gasteiger partial charge in [-0.3, -0.25) is 0 Å². The van der Waals surface area contributed by atoms with E-state index < -0.39 is 367 Å². The molecule has 0 spiro atoms. The van der Waals surface area contributed by atoms with E-state index in [4.69, 9.17) is 4.74 Å². The molecule has 0 fully saturated rings. The number of rotatable bonds is 96. The Hall–Kier alpha value is -1.64. The minimum atomic E-state index is -8.26. The predicted molar refractivity (Wildman–Crippen MR) is 531 cm³/mol. The molecule has 0 aliphatic carbocycles. The first-order chi connectivity index (χ1) is 65.2. The van der Waals surface area contributed by atoms with Gasteiger partial charge in [0.2, 0.25) is 80.2 Å². The minimum absolute atomic E-state index is 0.0756. The largest absolute Gasteiger partial charge is 0.421 e. The molecule has 4 atom stereocenters. The fourth-order valence-corrected chi connectivity index (χ4v) is 32.0. The first-order valence-corrected chi connectivity index (χ1v) is 68.1. The van der Waals surface area contributed by atoms with Gasteiger partial charge in [-0.1, -0.05) is 390 Å². The molecule has 4 unspecified atom stereocenters. The van der Waals surface area contributed by atoms with Gasteiger partial charge in [-0.05, 0) is 78.1 Å². The van der Waals surface area contributed by atoms with Gasteiger partial charge in [0.1, 0.15) is 24.6 Å². The summed E-state index contributed by atoms with van der Waals surface area (Å²) in [5.41, 5.74) is 0. The lowest BCUT2D eigenvalue weighted by atomic mass is 10.1. The van der Waals surface area contributed by atoms with Crippen LogP contribution in [0, 0.1) is 0 Å². The number of unbranched alkanes of at least 4 members (excludes halogenated alkanes) is 50. The van der Waals surface area contributed by atoms with E-state index in [0.29, 0.717) is 103 Å². The normalized spacial score (nSPS) is 15.5. The lowest BCUT2D eigenvalue weighted by Gasteiger charge is -2.59. The summed E-state index contributed by atoms with van der Waals surface area (Å²) >= 11 is 0. The van der Waals surface area contributed by atoms with Crippen LogP contribution in [-0.2, 0) is 105 Å². The zero-order valence-corrected chi connectivity index (χ0v) is 94.0. The molecule has 0 saturated heterocycles. The molecule has 0 saturated carbocycles. The van der Waals surface area contributed by atoms with Crippen LogP contribution in [0.25, 0.3) is 0 Å². The maximum absolute atomic E-state index is 23.0. The molecule has 0 amide bonds. The van der Waals surface area contributed by atoms with E-state index >= 15 is 129 Å². The molecule has 0 aromatic carbocycles. The van der Waals surface area contributed by atoms with Crippen molar-refractivity contribution in [1.29, 1.82) is 0 Å². The second-order valence-electron chi connectivity index (χ2n) is 37.0. The lowest BCUT2D eigenvalue weighted by molar-refractivity contribution is -1.09. The van der Waals surface area contributed by atoms with Crippen LogP contribution in [0.4, 0.5) is 44.8 Å². The molecule has 139 heavy (non-hydrogen) atoms. The molecule has 31 nitrogen and oxygen atoms in total. The summed E-state index contributed by atoms with van der Waals surface area (Å²) in [4.78, 5) is 0. The van der Waals surface area contributed by atoms with E-state index in [1.165, 1.54) is 0 Å². The fourth-order valence-electron chi connectivity index (χ4n) is 16.8. The van der Waals surface area contributed by atoms with Crippen molar-refractivity contribution in [1.82, 2.24) is 36.2 Å². The van der Waals surface area contributed by atoms with Crippen LogP contribution in [0.15, 0.2) is 0 Å². The Kier molecular flexibility index (Phi) is 67.4. The number of quaternary nitrogens is 2. The van der Waals surface area contributed by atoms with Crippen molar-refractivity contribution in [3.8, 4) is 0 Å². The van der Waals surface area contributed by atoms with Crippen LogP contribution in [0.5, 0.6) is 0 Å². The molecule has 0 heterocycles. The molecule has 0 N–H and O–H groups in total. The first kappa shape index (κ1) is 137. The number of halogens is 10. The molecule has 0 rings (SSSR count). The van der Waals surface area contributed by atoms with Crippen molar-refractivity contribution in [2.24, 2.45) is 0 Å². The van der Waals surface area contributed by atoms with Crippen LogP contribution in [0.1, 0.15) is 468 Å². The molecule has 0 radical (unpaired) electrons. The van der Waals surface area contributed by atoms with Crippen LogP contribution < -0.4 is 0 Å². The number of hydrogen-bond donors (Lipinski definition) is 0. The summed E-state index contributed by atoms with van der Waals surface area (Å²) in [5, 5.41) is 0. The van der Waals surface area contributed by atoms with E-state index in [-0.39, 0.29) is 168 Å². The molecular formula is C88H180F10N10O21S10+2. The Morgan fingerprint density at radius 1 is 0.173 bits per heavy atom. The van der Waals surface area contributed by atoms with Gasteiger partial charge < -0.3 is 0 Å². The molecule has 51 heteroatoms. The van der Waals surface area contributed by atoms with Crippen LogP contribution in [0.3, 0.4) is 0 Å². The number of sulfonamides is 10. The third-order valence-electron chi connectivity index (χ3n) is 25.2. The SMILES string of the molecule is CCCCCCCCS(=O)(=O)N(F)C(N(F)S(=O)(=O)CCCCCCCC)(N(F)S(=O)(=O)CCCCCCCC)C(OC(N(F)S(=O)(=O)CCCCCCCC)(C(N(F)S(=O)(=O)CCCCCCCC)(N(F)S(=O)(=O)CCCCCCCC)N(F)S(=O)(=O)CCCCCCCC)[N+](F)(CC)S(=O)(=O)CCCCCCCC)(N(F)S(=O)(=O)CCCCCCCC)[N+](F)(CC)S(=O)(=O)CCCCCCCC. The molecule has 0 aromatic heterocycles. The number of nitrogens with zero attached hydrogens (tertiary/aromatic N) is 10. The molecule has 0 aromatic rings. The van der Waals surface area contributed by atoms with Gasteiger partial charge in [0.05, 0.1) is 55.1 Å². The molecule has 0 aliphatic rings. The van der Waals surface area contributed by atoms with E-state index in [0.717, 1.165) is 0 Å². The summed E-state index contributed by atoms with van der Waals surface area (Å²) in [6.45, 7) is 10.2. The van der Waals surface area contributed by atoms with Crippen molar-refractivity contribution < 1.29 is 142 Å². The number of likely N-dealkylation sites (N-methyl/N-ethyl adjacent to an activating group) is 2. The second kappa shape index (κ2) is 68.2. The highest BCUT2D eigenvalue weighted by Crippen LogP contribution is 2.63. The number of hydrogen-bond acceptors (Lipinski definition) is 21. The maximum Gasteiger partial charge on any atom is 0.421 e. The monoisotopic (exact) mass is 2220 g/mol. The van der Waals surface area contributed by atoms with Gasteiger partial charge in [-0.2, -0.15) is 16.8 Å². The van der Waals surface area contributed by atoms with Crippen molar-refractivity contribution in [2.75, 3.05) is 70.6 Å². The van der Waals surface area contributed by atoms with Gasteiger partial charge in [-0.15, -0.1) is 35.9 Å². The minimum Gasteiger partial charge on any atom is -0.220 e. The van der Waals surface area contributed by atoms with Crippen molar-refractivity contribution >= 4 is 100 Å². The Labute approximate surface area is 834 Å². The van der Waals surface area contributed by atoms with Crippen molar-refractivity contribution in [2.45, 2.75) is 492 Å². The van der Waals surface area contributed by atoms with Crippen LogP contribution in [-0.4, -0.2) is 223 Å². The van der Waals surface area contributed by atoms with Gasteiger partial charge in [0, 0.05) is 44.3 Å². The van der Waals surface area contributed by atoms with Crippen molar-refractivity contribution in [3.05, 3.63) is 0 Å². The van der Waals surface area contributed by atoms with E-state index in [9.17, 15) is 0 Å². The third kappa shape index (κ3) is 39.3. The highest BCUT2D eigenvalue weighted by Gasteiger charge is 3.00. The third-order valence-corrected chi connectivity index (χ3v) is 42.0. The second-order valence-corrected chi connectivity index (χ2v) is 56.5. The summed E-state index contributed by atoms with van der Waals surface area (Å²) in [6, 6.07) is 0. The summed E-state index contributed by atoms with van der Waals surface area (Å²) in [5.74, 6) is -56.4. The zero-order chi connectivity index (χ0) is 106. The highest BCUT2D eigenvalue weighted by atomic mass is 32.2. The maximum atomic E-state index is 23.0. The van der Waals surface area contributed by atoms with Gasteiger partial charge in [0.25, 0.3) is 0 Å². The van der Waals surface area contributed by atoms with Crippen LogP contribution in [0.2, 0.25) is 0 Å². The fraction of sp³-hybridized carbons (Fsp3) is 1.00. The smallest absolute Gasteiger partial charge is 0.220 e. The Morgan fingerprint density at radius 2 is 0.281 bits per heavy atom. The summed E-state index contributed by atoms with van der Waals surface area (Å²) in [6.07, 6.45) is -12.7. The highest BCUT2D eigenvalue weighted by molar-refractivity contribution is 7.92. The average molecular weight is 2230 g/mol. The quantitative estimate of drug-likeness (QED) is 0.0236. The van der Waals surface area contributed by atoms with E-state index in [1.54, 1.807) is 69.2 Å². The van der Waals surface area contributed by atoms with Gasteiger partial charge in [0.15, 0.2) is 0 Å². The molecular weight excluding hydrogens is 2040 g/mol. The standard InChI is InChI=1S/C88H180F10N10O21S10/c1-13-25-35-45-55-65-75-130(109,110)99(89)85(100(90)131(111,112)76-66-56-46-36-26-14-2,101(91)132(113,114)77-67-57-47-37-27-15-3)87(105(95)136(121,122)81-71-61-51-41-31-19-7,107(97,23-11)138(125,126)83-73-63-53-43-33-21-9)129-88(106(96)137(123,124)82-72-62-52-42-32-20-8,108(98,24-12)139(127,128)84-74-64-54-44-34-22-10)86(102(92)133(115,116)78-68-58-48-38-28-16-4,103(93)134(117,118)79-69-59-49-39-29-17-5)104(94)135(119,120)80-70-60-50-40-30-18-6/h13-84H2,1-12H3/q+2. The summed E-state index contributed by atoms with van der Waals surface area (Å²) in [7, 11) is -77.9. The lowest BCUT2D eigenvalue weighted by Crippen LogP contribution is -2.96. The molecule has 0 bridgehead atoms. The zero-order valence-electron chi connectivity index (χ0n) is 85.8. The Balaban J connectivity index is 14.7. The van der Waals surface area contributed by atoms with Crippen molar-refractivity contribution in [3.63, 3.8) is 0 Å².